The Morgan fingerprint density at radius 3 is 2.72 bits per heavy atom. The summed E-state index contributed by atoms with van der Waals surface area (Å²) in [4.78, 5) is 37.0. The quantitative estimate of drug-likeness (QED) is 0.579. The molecule has 7 nitrogen and oxygen atoms in total. The van der Waals surface area contributed by atoms with Gasteiger partial charge in [-0.3, -0.25) is 14.4 Å². The van der Waals surface area contributed by atoms with Gasteiger partial charge in [0.2, 0.25) is 0 Å². The van der Waals surface area contributed by atoms with Gasteiger partial charge in [0.15, 0.2) is 0 Å². The topological polar surface area (TPSA) is 99.1 Å². The summed E-state index contributed by atoms with van der Waals surface area (Å²) in [5.41, 5.74) is -1.33. The number of carbonyl (C=O) groups excluding carboxylic acids is 3. The van der Waals surface area contributed by atoms with Gasteiger partial charge < -0.3 is 19.3 Å². The van der Waals surface area contributed by atoms with Crippen LogP contribution in [0.3, 0.4) is 0 Å². The second-order valence-electron chi connectivity index (χ2n) is 8.37. The summed E-state index contributed by atoms with van der Waals surface area (Å²) in [5.74, 6) is -1.89. The first-order valence-electron chi connectivity index (χ1n) is 8.77. The first-order chi connectivity index (χ1) is 11.7. The summed E-state index contributed by atoms with van der Waals surface area (Å²) in [6.07, 6.45) is 1.42. The number of hydrogen-bond acceptors (Lipinski definition) is 7. The van der Waals surface area contributed by atoms with Crippen molar-refractivity contribution in [2.45, 2.75) is 33.1 Å². The lowest BCUT2D eigenvalue weighted by molar-refractivity contribution is -0.159. The van der Waals surface area contributed by atoms with Crippen molar-refractivity contribution in [2.24, 2.45) is 34.5 Å². The highest BCUT2D eigenvalue weighted by atomic mass is 16.5. The first-order valence-corrected chi connectivity index (χ1v) is 8.77. The number of cyclic esters (lactones) is 1. The molecule has 0 aromatic rings. The van der Waals surface area contributed by atoms with Crippen LogP contribution in [0.4, 0.5) is 0 Å². The van der Waals surface area contributed by atoms with E-state index in [4.69, 9.17) is 14.2 Å². The Bertz CT molecular complexity index is 584. The number of methoxy groups -OCH3 is 1. The molecular formula is C18H26O7. The van der Waals surface area contributed by atoms with Crippen LogP contribution in [0.5, 0.6) is 0 Å². The van der Waals surface area contributed by atoms with Crippen LogP contribution < -0.4 is 0 Å². The molecule has 3 aliphatic rings. The van der Waals surface area contributed by atoms with Crippen LogP contribution in [0, 0.1) is 34.5 Å². The highest BCUT2D eigenvalue weighted by Crippen LogP contribution is 2.63. The fraction of sp³-hybridized carbons (Fsp3) is 0.833. The van der Waals surface area contributed by atoms with E-state index in [2.05, 4.69) is 0 Å². The third-order valence-corrected chi connectivity index (χ3v) is 6.21. The molecule has 0 aromatic heterocycles. The van der Waals surface area contributed by atoms with E-state index in [0.717, 1.165) is 0 Å². The molecule has 2 aliphatic carbocycles. The number of aliphatic hydroxyl groups is 1. The molecule has 1 unspecified atom stereocenters. The number of fused-ring (bicyclic) bond motifs is 3. The fourth-order valence-electron chi connectivity index (χ4n) is 4.81. The number of rotatable bonds is 5. The van der Waals surface area contributed by atoms with Crippen molar-refractivity contribution in [3.63, 3.8) is 0 Å². The van der Waals surface area contributed by atoms with Crippen molar-refractivity contribution in [2.75, 3.05) is 26.9 Å². The van der Waals surface area contributed by atoms with Crippen LogP contribution in [0.1, 0.15) is 33.1 Å². The van der Waals surface area contributed by atoms with Crippen molar-refractivity contribution in [1.82, 2.24) is 0 Å². The molecule has 1 saturated heterocycles. The molecule has 1 N–H and O–H groups in total. The molecule has 0 spiro atoms. The van der Waals surface area contributed by atoms with Crippen molar-refractivity contribution in [3.05, 3.63) is 0 Å². The Hall–Kier alpha value is -1.63. The highest BCUT2D eigenvalue weighted by Gasteiger charge is 2.68. The fourth-order valence-corrected chi connectivity index (χ4v) is 4.81. The van der Waals surface area contributed by atoms with E-state index in [1.807, 2.05) is 13.8 Å². The zero-order chi connectivity index (χ0) is 18.4. The minimum atomic E-state index is -0.832. The van der Waals surface area contributed by atoms with Crippen LogP contribution >= 0.6 is 0 Å². The number of hydrogen-bond donors (Lipinski definition) is 1. The lowest BCUT2D eigenvalue weighted by Gasteiger charge is -2.31. The summed E-state index contributed by atoms with van der Waals surface area (Å²) in [5, 5.41) is 9.28. The Labute approximate surface area is 147 Å². The van der Waals surface area contributed by atoms with E-state index in [9.17, 15) is 19.5 Å². The Morgan fingerprint density at radius 2 is 2.08 bits per heavy atom. The summed E-state index contributed by atoms with van der Waals surface area (Å²) in [6.45, 7) is 3.89. The average Bonchev–Trinajstić information content (AvgIpc) is 3.22. The Morgan fingerprint density at radius 1 is 1.36 bits per heavy atom. The van der Waals surface area contributed by atoms with Gasteiger partial charge >= 0.3 is 17.9 Å². The molecule has 1 heterocycles. The molecular weight excluding hydrogens is 328 g/mol. The van der Waals surface area contributed by atoms with E-state index >= 15 is 0 Å². The zero-order valence-electron chi connectivity index (χ0n) is 14.9. The van der Waals surface area contributed by atoms with Gasteiger partial charge in [-0.25, -0.2) is 0 Å². The van der Waals surface area contributed by atoms with Gasteiger partial charge in [0.1, 0.15) is 0 Å². The molecule has 0 radical (unpaired) electrons. The first kappa shape index (κ1) is 18.2. The molecule has 140 valence electrons. The zero-order valence-corrected chi connectivity index (χ0v) is 14.9. The molecule has 25 heavy (non-hydrogen) atoms. The summed E-state index contributed by atoms with van der Waals surface area (Å²) < 4.78 is 15.6. The molecule has 0 bridgehead atoms. The lowest BCUT2D eigenvalue weighted by atomic mass is 9.72. The standard InChI is InChI=1S/C18H26O7/c1-17(2,8-19)9-25-14(20)10-4-11-5-12-13(7-24-15(12)21)18(11,6-10)16(22)23-3/h10-13,19H,4-9H2,1-3H3/t10?,11-,12-,13-,18+/m0/s1. The molecule has 3 fully saturated rings. The van der Waals surface area contributed by atoms with Crippen LogP contribution in [0.2, 0.25) is 0 Å². The molecule has 7 heteroatoms. The van der Waals surface area contributed by atoms with Crippen LogP contribution in [-0.2, 0) is 28.6 Å². The maximum atomic E-state index is 12.6. The molecule has 3 rings (SSSR count). The van der Waals surface area contributed by atoms with Crippen LogP contribution in [0.25, 0.3) is 0 Å². The van der Waals surface area contributed by atoms with Crippen LogP contribution in [-0.4, -0.2) is 49.9 Å². The summed E-state index contributed by atoms with van der Waals surface area (Å²) in [6, 6.07) is 0. The Kier molecular flexibility index (Phi) is 4.56. The minimum Gasteiger partial charge on any atom is -0.469 e. The molecule has 0 aromatic carbocycles. The smallest absolute Gasteiger partial charge is 0.312 e. The number of esters is 3. The van der Waals surface area contributed by atoms with Gasteiger partial charge in [-0.1, -0.05) is 13.8 Å². The van der Waals surface area contributed by atoms with Gasteiger partial charge in [0.05, 0.1) is 44.2 Å². The van der Waals surface area contributed by atoms with E-state index in [0.29, 0.717) is 19.3 Å². The number of ether oxygens (including phenoxy) is 3. The van der Waals surface area contributed by atoms with E-state index in [1.165, 1.54) is 7.11 Å². The predicted octanol–water partition coefficient (Wildman–Crippen LogP) is 0.927. The third kappa shape index (κ3) is 2.82. The van der Waals surface area contributed by atoms with Gasteiger partial charge in [0, 0.05) is 11.3 Å². The monoisotopic (exact) mass is 354 g/mol. The van der Waals surface area contributed by atoms with Crippen molar-refractivity contribution < 1.29 is 33.7 Å². The van der Waals surface area contributed by atoms with Gasteiger partial charge in [-0.05, 0) is 25.2 Å². The number of aliphatic hydroxyl groups excluding tert-OH is 1. The van der Waals surface area contributed by atoms with E-state index in [1.54, 1.807) is 0 Å². The van der Waals surface area contributed by atoms with Crippen LogP contribution in [0.15, 0.2) is 0 Å². The normalized spacial score (nSPS) is 36.6. The maximum absolute atomic E-state index is 12.6. The highest BCUT2D eigenvalue weighted by molar-refractivity contribution is 5.85. The van der Waals surface area contributed by atoms with Gasteiger partial charge in [0.25, 0.3) is 0 Å². The maximum Gasteiger partial charge on any atom is 0.312 e. The summed E-state index contributed by atoms with van der Waals surface area (Å²) >= 11 is 0. The van der Waals surface area contributed by atoms with Gasteiger partial charge in [-0.2, -0.15) is 0 Å². The van der Waals surface area contributed by atoms with Gasteiger partial charge in [-0.15, -0.1) is 0 Å². The minimum absolute atomic E-state index is 0.0637. The van der Waals surface area contributed by atoms with Crippen molar-refractivity contribution >= 4 is 17.9 Å². The molecule has 5 atom stereocenters. The average molecular weight is 354 g/mol. The SMILES string of the molecule is COC(=O)[C@]12CC(C(=O)OCC(C)(C)CO)C[C@H]1C[C@@H]1C(=O)OC[C@@H]12. The third-order valence-electron chi connectivity index (χ3n) is 6.21. The lowest BCUT2D eigenvalue weighted by Crippen LogP contribution is -2.40. The van der Waals surface area contributed by atoms with E-state index in [-0.39, 0.29) is 55.5 Å². The molecule has 0 amide bonds. The molecule has 2 saturated carbocycles. The van der Waals surface area contributed by atoms with Crippen molar-refractivity contribution in [3.8, 4) is 0 Å². The second-order valence-corrected chi connectivity index (χ2v) is 8.37. The summed E-state index contributed by atoms with van der Waals surface area (Å²) in [7, 11) is 1.34. The largest absolute Gasteiger partial charge is 0.469 e. The van der Waals surface area contributed by atoms with E-state index < -0.39 is 16.7 Å². The van der Waals surface area contributed by atoms with Crippen molar-refractivity contribution in [1.29, 1.82) is 0 Å². The predicted molar refractivity (Wildman–Crippen MR) is 85.0 cm³/mol. The second kappa shape index (κ2) is 6.27. The molecule has 1 aliphatic heterocycles. The Balaban J connectivity index is 1.75. The number of carbonyl (C=O) groups is 3.